The summed E-state index contributed by atoms with van der Waals surface area (Å²) in [7, 11) is 0. The summed E-state index contributed by atoms with van der Waals surface area (Å²) in [6.07, 6.45) is 1.50. The molecule has 1 aromatic rings. The highest BCUT2D eigenvalue weighted by molar-refractivity contribution is 6.18. The Bertz CT molecular complexity index is 319. The van der Waals surface area contributed by atoms with Gasteiger partial charge in [0.2, 0.25) is 0 Å². The van der Waals surface area contributed by atoms with Gasteiger partial charge in [-0.2, -0.15) is 0 Å². The summed E-state index contributed by atoms with van der Waals surface area (Å²) in [5, 5.41) is 0. The second-order valence-corrected chi connectivity index (χ2v) is 3.82. The SMILES string of the molecule is Cc1occc1C(=O)N(CCCl)CCCl. The Balaban J connectivity index is 2.76. The standard InChI is InChI=1S/C10H13Cl2NO2/c1-8-9(2-7-15-8)10(14)13(5-3-11)6-4-12/h2,7H,3-6H2,1H3. The summed E-state index contributed by atoms with van der Waals surface area (Å²) < 4.78 is 5.08. The van der Waals surface area contributed by atoms with Crippen LogP contribution in [0.15, 0.2) is 16.7 Å². The lowest BCUT2D eigenvalue weighted by molar-refractivity contribution is 0.0773. The number of nitrogens with zero attached hydrogens (tertiary/aromatic N) is 1. The van der Waals surface area contributed by atoms with Gasteiger partial charge in [0.15, 0.2) is 0 Å². The highest BCUT2D eigenvalue weighted by Gasteiger charge is 2.18. The van der Waals surface area contributed by atoms with Crippen molar-refractivity contribution in [3.05, 3.63) is 23.7 Å². The Morgan fingerprint density at radius 2 is 2.00 bits per heavy atom. The molecule has 15 heavy (non-hydrogen) atoms. The summed E-state index contributed by atoms with van der Waals surface area (Å²) in [6, 6.07) is 1.66. The van der Waals surface area contributed by atoms with E-state index in [0.29, 0.717) is 36.2 Å². The van der Waals surface area contributed by atoms with Crippen LogP contribution in [-0.2, 0) is 0 Å². The van der Waals surface area contributed by atoms with Crippen molar-refractivity contribution in [1.29, 1.82) is 0 Å². The van der Waals surface area contributed by atoms with Crippen LogP contribution in [0.3, 0.4) is 0 Å². The van der Waals surface area contributed by atoms with E-state index in [-0.39, 0.29) is 5.91 Å². The highest BCUT2D eigenvalue weighted by atomic mass is 35.5. The first-order chi connectivity index (χ1) is 7.20. The summed E-state index contributed by atoms with van der Waals surface area (Å²) in [5.41, 5.74) is 0.574. The molecule has 0 atom stereocenters. The molecule has 3 nitrogen and oxygen atoms in total. The molecule has 0 fully saturated rings. The van der Waals surface area contributed by atoms with Crippen molar-refractivity contribution in [3.8, 4) is 0 Å². The highest BCUT2D eigenvalue weighted by Crippen LogP contribution is 2.12. The maximum absolute atomic E-state index is 12.0. The molecule has 0 unspecified atom stereocenters. The molecule has 0 aliphatic carbocycles. The zero-order valence-corrected chi connectivity index (χ0v) is 10.0. The molecule has 0 N–H and O–H groups in total. The third-order valence-corrected chi connectivity index (χ3v) is 2.42. The van der Waals surface area contributed by atoms with Crippen molar-refractivity contribution in [1.82, 2.24) is 4.90 Å². The zero-order chi connectivity index (χ0) is 11.3. The van der Waals surface area contributed by atoms with Gasteiger partial charge in [-0.15, -0.1) is 23.2 Å². The van der Waals surface area contributed by atoms with Gasteiger partial charge >= 0.3 is 0 Å². The summed E-state index contributed by atoms with van der Waals surface area (Å²) in [6.45, 7) is 2.75. The first kappa shape index (κ1) is 12.4. The van der Waals surface area contributed by atoms with E-state index in [1.54, 1.807) is 17.9 Å². The third-order valence-electron chi connectivity index (χ3n) is 2.09. The van der Waals surface area contributed by atoms with E-state index in [4.69, 9.17) is 27.6 Å². The summed E-state index contributed by atoms with van der Waals surface area (Å²) >= 11 is 11.2. The normalized spacial score (nSPS) is 10.3. The Kier molecular flexibility index (Phi) is 4.99. The van der Waals surface area contributed by atoms with Gasteiger partial charge in [0.1, 0.15) is 5.76 Å². The fraction of sp³-hybridized carbons (Fsp3) is 0.500. The molecule has 0 aliphatic heterocycles. The van der Waals surface area contributed by atoms with Gasteiger partial charge in [-0.1, -0.05) is 0 Å². The van der Waals surface area contributed by atoms with E-state index in [2.05, 4.69) is 0 Å². The smallest absolute Gasteiger partial charge is 0.257 e. The number of halogens is 2. The van der Waals surface area contributed by atoms with Crippen LogP contribution < -0.4 is 0 Å². The minimum absolute atomic E-state index is 0.0810. The molecule has 0 saturated heterocycles. The molecule has 1 amide bonds. The predicted octanol–water partition coefficient (Wildman–Crippen LogP) is 2.51. The Morgan fingerprint density at radius 1 is 1.40 bits per heavy atom. The van der Waals surface area contributed by atoms with Crippen molar-refractivity contribution in [2.24, 2.45) is 0 Å². The van der Waals surface area contributed by atoms with Crippen LogP contribution in [0.2, 0.25) is 0 Å². The second-order valence-electron chi connectivity index (χ2n) is 3.06. The number of carbonyl (C=O) groups excluding carboxylic acids is 1. The Hall–Kier alpha value is -0.670. The van der Waals surface area contributed by atoms with E-state index in [1.165, 1.54) is 6.26 Å². The lowest BCUT2D eigenvalue weighted by Gasteiger charge is -2.19. The largest absolute Gasteiger partial charge is 0.469 e. The van der Waals surface area contributed by atoms with E-state index >= 15 is 0 Å². The topological polar surface area (TPSA) is 33.5 Å². The van der Waals surface area contributed by atoms with Gasteiger partial charge in [-0.05, 0) is 13.0 Å². The van der Waals surface area contributed by atoms with Crippen molar-refractivity contribution in [2.45, 2.75) is 6.92 Å². The van der Waals surface area contributed by atoms with Gasteiger partial charge < -0.3 is 9.32 Å². The fourth-order valence-corrected chi connectivity index (χ4v) is 1.70. The number of hydrogen-bond donors (Lipinski definition) is 0. The fourth-order valence-electron chi connectivity index (χ4n) is 1.30. The second kappa shape index (κ2) is 6.03. The molecule has 0 aromatic carbocycles. The van der Waals surface area contributed by atoms with E-state index in [1.807, 2.05) is 0 Å². The molecule has 0 spiro atoms. The van der Waals surface area contributed by atoms with Crippen LogP contribution in [0.1, 0.15) is 16.1 Å². The van der Waals surface area contributed by atoms with Gasteiger partial charge in [-0.3, -0.25) is 4.79 Å². The van der Waals surface area contributed by atoms with Gasteiger partial charge in [0.05, 0.1) is 11.8 Å². The number of rotatable bonds is 5. The van der Waals surface area contributed by atoms with Crippen LogP contribution in [0.5, 0.6) is 0 Å². The average molecular weight is 250 g/mol. The third kappa shape index (κ3) is 3.14. The van der Waals surface area contributed by atoms with Crippen molar-refractivity contribution in [2.75, 3.05) is 24.8 Å². The van der Waals surface area contributed by atoms with Gasteiger partial charge in [0.25, 0.3) is 5.91 Å². The minimum atomic E-state index is -0.0810. The molecule has 5 heteroatoms. The van der Waals surface area contributed by atoms with Crippen LogP contribution in [0, 0.1) is 6.92 Å². The Morgan fingerprint density at radius 3 is 2.40 bits per heavy atom. The number of carbonyl (C=O) groups is 1. The van der Waals surface area contributed by atoms with Crippen LogP contribution in [0.4, 0.5) is 0 Å². The Labute approximate surface area is 98.9 Å². The molecule has 0 radical (unpaired) electrons. The maximum Gasteiger partial charge on any atom is 0.257 e. The minimum Gasteiger partial charge on any atom is -0.469 e. The monoisotopic (exact) mass is 249 g/mol. The van der Waals surface area contributed by atoms with Crippen molar-refractivity contribution < 1.29 is 9.21 Å². The average Bonchev–Trinajstić information content (AvgIpc) is 2.63. The molecule has 1 heterocycles. The van der Waals surface area contributed by atoms with Crippen molar-refractivity contribution in [3.63, 3.8) is 0 Å². The van der Waals surface area contributed by atoms with Crippen LogP contribution in [-0.4, -0.2) is 35.7 Å². The molecule has 84 valence electrons. The van der Waals surface area contributed by atoms with E-state index in [9.17, 15) is 4.79 Å². The summed E-state index contributed by atoms with van der Waals surface area (Å²) in [4.78, 5) is 13.6. The summed E-state index contributed by atoms with van der Waals surface area (Å²) in [5.74, 6) is 1.34. The number of alkyl halides is 2. The molecule has 0 bridgehead atoms. The lowest BCUT2D eigenvalue weighted by atomic mass is 10.2. The first-order valence-corrected chi connectivity index (χ1v) is 5.73. The maximum atomic E-state index is 12.0. The quantitative estimate of drug-likeness (QED) is 0.752. The molecule has 1 rings (SSSR count). The molecular weight excluding hydrogens is 237 g/mol. The predicted molar refractivity (Wildman–Crippen MR) is 60.8 cm³/mol. The van der Waals surface area contributed by atoms with Gasteiger partial charge in [-0.25, -0.2) is 0 Å². The number of furan rings is 1. The number of hydrogen-bond acceptors (Lipinski definition) is 2. The molecular formula is C10H13Cl2NO2. The first-order valence-electron chi connectivity index (χ1n) is 4.66. The number of amides is 1. The van der Waals surface area contributed by atoms with Crippen LogP contribution in [0.25, 0.3) is 0 Å². The van der Waals surface area contributed by atoms with E-state index < -0.39 is 0 Å². The van der Waals surface area contributed by atoms with E-state index in [0.717, 1.165) is 0 Å². The van der Waals surface area contributed by atoms with Gasteiger partial charge in [0, 0.05) is 24.8 Å². The zero-order valence-electron chi connectivity index (χ0n) is 8.50. The molecule has 1 aromatic heterocycles. The lowest BCUT2D eigenvalue weighted by Crippen LogP contribution is -2.34. The van der Waals surface area contributed by atoms with Crippen LogP contribution >= 0.6 is 23.2 Å². The van der Waals surface area contributed by atoms with Crippen molar-refractivity contribution >= 4 is 29.1 Å². The molecule has 0 aliphatic rings. The molecule has 0 saturated carbocycles. The number of aryl methyl sites for hydroxylation is 1.